The Morgan fingerprint density at radius 2 is 1.94 bits per heavy atom. The van der Waals surface area contributed by atoms with Crippen LogP contribution in [-0.4, -0.2) is 7.11 Å². The van der Waals surface area contributed by atoms with Crippen molar-refractivity contribution in [2.45, 2.75) is 50.9 Å². The smallest absolute Gasteiger partial charge is 0.124 e. The van der Waals surface area contributed by atoms with Gasteiger partial charge in [-0.3, -0.25) is 0 Å². The third-order valence-corrected chi connectivity index (χ3v) is 4.34. The van der Waals surface area contributed by atoms with Gasteiger partial charge in [0.25, 0.3) is 0 Å². The fourth-order valence-corrected chi connectivity index (χ4v) is 3.38. The molecule has 0 atom stereocenters. The molecule has 1 aliphatic heterocycles. The quantitative estimate of drug-likeness (QED) is 0.874. The molecule has 1 aromatic carbocycles. The fourth-order valence-electron chi connectivity index (χ4n) is 3.38. The minimum atomic E-state index is -0.220. The minimum absolute atomic E-state index is 0.220. The summed E-state index contributed by atoms with van der Waals surface area (Å²) < 4.78 is 11.1. The van der Waals surface area contributed by atoms with E-state index in [2.05, 4.69) is 6.07 Å². The maximum atomic E-state index is 6.69. The van der Waals surface area contributed by atoms with E-state index in [0.29, 0.717) is 13.2 Å². The van der Waals surface area contributed by atoms with Crippen molar-refractivity contribution >= 4 is 0 Å². The maximum absolute atomic E-state index is 6.69. The number of hydrogen-bond donors (Lipinski definition) is 1. The summed E-state index contributed by atoms with van der Waals surface area (Å²) in [5.74, 6) is 0.934. The van der Waals surface area contributed by atoms with Gasteiger partial charge in [0.15, 0.2) is 0 Å². The summed E-state index contributed by atoms with van der Waals surface area (Å²) in [6.07, 6.45) is 5.83. The summed E-state index contributed by atoms with van der Waals surface area (Å²) in [6.45, 7) is 1.39. The second-order valence-corrected chi connectivity index (χ2v) is 5.49. The molecule has 1 fully saturated rings. The highest BCUT2D eigenvalue weighted by Gasteiger charge is 2.36. The van der Waals surface area contributed by atoms with Gasteiger partial charge in [-0.05, 0) is 30.0 Å². The first-order valence-electron chi connectivity index (χ1n) is 6.80. The lowest BCUT2D eigenvalue weighted by Gasteiger charge is -2.36. The molecule has 0 saturated heterocycles. The number of methoxy groups -OCH3 is 1. The first kappa shape index (κ1) is 12.0. The molecule has 1 heterocycles. The zero-order valence-electron chi connectivity index (χ0n) is 11.0. The highest BCUT2D eigenvalue weighted by Crippen LogP contribution is 2.43. The molecule has 2 N–H and O–H groups in total. The van der Waals surface area contributed by atoms with Crippen molar-refractivity contribution in [3.8, 4) is 5.75 Å². The highest BCUT2D eigenvalue weighted by atomic mass is 16.5. The second-order valence-electron chi connectivity index (χ2n) is 5.49. The molecule has 1 aromatic rings. The van der Waals surface area contributed by atoms with Crippen LogP contribution >= 0.6 is 0 Å². The number of nitrogens with two attached hydrogens (primary N) is 1. The van der Waals surface area contributed by atoms with Crippen LogP contribution in [0.15, 0.2) is 12.1 Å². The Kier molecular flexibility index (Phi) is 3.04. The number of fused-ring (bicyclic) bond motifs is 1. The van der Waals surface area contributed by atoms with E-state index < -0.39 is 0 Å². The normalized spacial score (nSPS) is 21.7. The molecular formula is C15H21NO2. The molecule has 18 heavy (non-hydrogen) atoms. The summed E-state index contributed by atoms with van der Waals surface area (Å²) in [5.41, 5.74) is 10.2. The SMILES string of the molecule is COc1ccc2c(c1C1(N)CCCCC1)COC2. The molecule has 0 amide bonds. The largest absolute Gasteiger partial charge is 0.496 e. The summed E-state index contributed by atoms with van der Waals surface area (Å²) in [5, 5.41) is 0. The number of hydrogen-bond acceptors (Lipinski definition) is 3. The average Bonchev–Trinajstić information content (AvgIpc) is 2.86. The minimum Gasteiger partial charge on any atom is -0.496 e. The summed E-state index contributed by atoms with van der Waals surface area (Å²) in [4.78, 5) is 0. The van der Waals surface area contributed by atoms with Gasteiger partial charge in [0.1, 0.15) is 5.75 Å². The van der Waals surface area contributed by atoms with E-state index in [0.717, 1.165) is 18.6 Å². The first-order chi connectivity index (χ1) is 8.74. The van der Waals surface area contributed by atoms with E-state index in [9.17, 15) is 0 Å². The monoisotopic (exact) mass is 247 g/mol. The lowest BCUT2D eigenvalue weighted by atomic mass is 9.75. The van der Waals surface area contributed by atoms with E-state index in [1.54, 1.807) is 7.11 Å². The molecule has 0 unspecified atom stereocenters. The Morgan fingerprint density at radius 3 is 2.67 bits per heavy atom. The predicted molar refractivity (Wildman–Crippen MR) is 70.4 cm³/mol. The second kappa shape index (κ2) is 4.56. The van der Waals surface area contributed by atoms with E-state index in [-0.39, 0.29) is 5.54 Å². The Hall–Kier alpha value is -1.06. The van der Waals surface area contributed by atoms with Crippen LogP contribution in [0.1, 0.15) is 48.8 Å². The number of benzene rings is 1. The van der Waals surface area contributed by atoms with Crippen molar-refractivity contribution < 1.29 is 9.47 Å². The van der Waals surface area contributed by atoms with E-state index in [4.69, 9.17) is 15.2 Å². The lowest BCUT2D eigenvalue weighted by molar-refractivity contribution is 0.133. The molecule has 98 valence electrons. The van der Waals surface area contributed by atoms with Crippen LogP contribution in [-0.2, 0) is 23.5 Å². The fraction of sp³-hybridized carbons (Fsp3) is 0.600. The van der Waals surface area contributed by atoms with Gasteiger partial charge >= 0.3 is 0 Å². The van der Waals surface area contributed by atoms with Gasteiger partial charge < -0.3 is 15.2 Å². The summed E-state index contributed by atoms with van der Waals surface area (Å²) in [7, 11) is 1.73. The van der Waals surface area contributed by atoms with Crippen LogP contribution in [0.4, 0.5) is 0 Å². The lowest BCUT2D eigenvalue weighted by Crippen LogP contribution is -2.40. The molecule has 2 aliphatic rings. The standard InChI is InChI=1S/C15H21NO2/c1-17-13-6-5-11-9-18-10-12(11)14(13)15(16)7-3-2-4-8-15/h5-6H,2-4,7-10,16H2,1H3. The van der Waals surface area contributed by atoms with E-state index >= 15 is 0 Å². The zero-order valence-corrected chi connectivity index (χ0v) is 11.0. The van der Waals surface area contributed by atoms with Crippen molar-refractivity contribution in [1.82, 2.24) is 0 Å². The molecule has 1 saturated carbocycles. The third-order valence-electron chi connectivity index (χ3n) is 4.34. The maximum Gasteiger partial charge on any atom is 0.124 e. The Bertz CT molecular complexity index is 450. The van der Waals surface area contributed by atoms with Crippen LogP contribution in [0.25, 0.3) is 0 Å². The third kappa shape index (κ3) is 1.82. The molecule has 0 bridgehead atoms. The summed E-state index contributed by atoms with van der Waals surface area (Å²) in [6, 6.07) is 4.16. The van der Waals surface area contributed by atoms with Crippen LogP contribution < -0.4 is 10.5 Å². The van der Waals surface area contributed by atoms with Gasteiger partial charge in [0.05, 0.1) is 20.3 Å². The molecule has 0 radical (unpaired) electrons. The van der Waals surface area contributed by atoms with Gasteiger partial charge in [0, 0.05) is 11.1 Å². The average molecular weight is 247 g/mol. The molecule has 0 spiro atoms. The first-order valence-corrected chi connectivity index (χ1v) is 6.80. The molecule has 3 heteroatoms. The molecule has 3 nitrogen and oxygen atoms in total. The van der Waals surface area contributed by atoms with Gasteiger partial charge in [-0.25, -0.2) is 0 Å². The molecule has 3 rings (SSSR count). The van der Waals surface area contributed by atoms with E-state index in [1.165, 1.54) is 36.0 Å². The number of rotatable bonds is 2. The van der Waals surface area contributed by atoms with Crippen molar-refractivity contribution in [3.05, 3.63) is 28.8 Å². The van der Waals surface area contributed by atoms with Crippen LogP contribution in [0.2, 0.25) is 0 Å². The molecular weight excluding hydrogens is 226 g/mol. The van der Waals surface area contributed by atoms with Crippen LogP contribution in [0, 0.1) is 0 Å². The van der Waals surface area contributed by atoms with Crippen molar-refractivity contribution in [2.75, 3.05) is 7.11 Å². The van der Waals surface area contributed by atoms with Crippen molar-refractivity contribution in [1.29, 1.82) is 0 Å². The Balaban J connectivity index is 2.11. The van der Waals surface area contributed by atoms with Gasteiger partial charge in [-0.1, -0.05) is 25.3 Å². The Labute approximate surface area is 108 Å². The molecule has 1 aliphatic carbocycles. The Morgan fingerprint density at radius 1 is 1.17 bits per heavy atom. The van der Waals surface area contributed by atoms with Crippen LogP contribution in [0.3, 0.4) is 0 Å². The van der Waals surface area contributed by atoms with Crippen molar-refractivity contribution in [2.24, 2.45) is 5.73 Å². The van der Waals surface area contributed by atoms with Gasteiger partial charge in [0.2, 0.25) is 0 Å². The predicted octanol–water partition coefficient (Wildman–Crippen LogP) is 2.84. The number of ether oxygens (including phenoxy) is 2. The molecule has 0 aromatic heterocycles. The summed E-state index contributed by atoms with van der Waals surface area (Å²) >= 11 is 0. The topological polar surface area (TPSA) is 44.5 Å². The highest BCUT2D eigenvalue weighted by molar-refractivity contribution is 5.50. The zero-order chi connectivity index (χ0) is 12.6. The van der Waals surface area contributed by atoms with Crippen LogP contribution in [0.5, 0.6) is 5.75 Å². The van der Waals surface area contributed by atoms with Gasteiger partial charge in [-0.2, -0.15) is 0 Å². The van der Waals surface area contributed by atoms with Crippen molar-refractivity contribution in [3.63, 3.8) is 0 Å². The van der Waals surface area contributed by atoms with Gasteiger partial charge in [-0.15, -0.1) is 0 Å². The van der Waals surface area contributed by atoms with E-state index in [1.807, 2.05) is 6.07 Å².